The van der Waals surface area contributed by atoms with Crippen LogP contribution in [0.3, 0.4) is 0 Å². The molecule has 0 saturated heterocycles. The van der Waals surface area contributed by atoms with Crippen molar-refractivity contribution in [1.29, 1.82) is 0 Å². The average molecular weight is 227 g/mol. The first-order valence-corrected chi connectivity index (χ1v) is 5.58. The number of aliphatic hydroxyl groups is 1. The predicted octanol–water partition coefficient (Wildman–Crippen LogP) is 1.64. The van der Waals surface area contributed by atoms with Crippen LogP contribution in [0, 0.1) is 0 Å². The van der Waals surface area contributed by atoms with Crippen molar-refractivity contribution >= 4 is 17.7 Å². The van der Waals surface area contributed by atoms with E-state index in [-0.39, 0.29) is 11.7 Å². The lowest BCUT2D eigenvalue weighted by molar-refractivity contribution is 0.0696. The molecule has 0 spiro atoms. The molecule has 1 rings (SSSR count). The summed E-state index contributed by atoms with van der Waals surface area (Å²) < 4.78 is 0. The van der Waals surface area contributed by atoms with E-state index in [1.54, 1.807) is 13.0 Å². The third kappa shape index (κ3) is 4.31. The van der Waals surface area contributed by atoms with Gasteiger partial charge < -0.3 is 10.2 Å². The number of aromatic carboxylic acids is 1. The summed E-state index contributed by atoms with van der Waals surface area (Å²) in [5, 5.41) is 18.5. The molecule has 0 amide bonds. The number of aliphatic hydroxyl groups excluding tert-OH is 1. The smallest absolute Gasteiger partial charge is 0.337 e. The molecule has 1 unspecified atom stereocenters. The molecule has 1 aromatic rings. The number of pyridine rings is 1. The van der Waals surface area contributed by atoms with Crippen LogP contribution >= 0.6 is 11.8 Å². The van der Waals surface area contributed by atoms with Gasteiger partial charge in [0.15, 0.2) is 0 Å². The molecule has 0 radical (unpaired) electrons. The summed E-state index contributed by atoms with van der Waals surface area (Å²) >= 11 is 1.51. The van der Waals surface area contributed by atoms with Crippen LogP contribution in [0.2, 0.25) is 0 Å². The number of carboxylic acids is 1. The van der Waals surface area contributed by atoms with Crippen molar-refractivity contribution in [2.24, 2.45) is 0 Å². The van der Waals surface area contributed by atoms with Crippen LogP contribution in [0.1, 0.15) is 23.7 Å². The molecule has 0 bridgehead atoms. The van der Waals surface area contributed by atoms with Crippen molar-refractivity contribution in [3.05, 3.63) is 23.9 Å². The zero-order valence-corrected chi connectivity index (χ0v) is 9.20. The SMILES string of the molecule is CC(O)CCSc1ccc(C(=O)O)cn1. The van der Waals surface area contributed by atoms with Gasteiger partial charge in [-0.2, -0.15) is 0 Å². The van der Waals surface area contributed by atoms with Gasteiger partial charge in [0.25, 0.3) is 0 Å². The number of carboxylic acid groups (broad SMARTS) is 1. The highest BCUT2D eigenvalue weighted by atomic mass is 32.2. The number of thioether (sulfide) groups is 1. The quantitative estimate of drug-likeness (QED) is 0.748. The number of aromatic nitrogens is 1. The summed E-state index contributed by atoms with van der Waals surface area (Å²) in [4.78, 5) is 14.5. The zero-order valence-electron chi connectivity index (χ0n) is 8.38. The maximum absolute atomic E-state index is 10.5. The Kier molecular flexibility index (Phi) is 4.58. The Labute approximate surface area is 92.3 Å². The lowest BCUT2D eigenvalue weighted by atomic mass is 10.3. The van der Waals surface area contributed by atoms with Crippen LogP contribution < -0.4 is 0 Å². The van der Waals surface area contributed by atoms with Gasteiger partial charge in [-0.05, 0) is 25.5 Å². The third-order valence-electron chi connectivity index (χ3n) is 1.77. The Bertz CT molecular complexity index is 324. The van der Waals surface area contributed by atoms with E-state index in [0.29, 0.717) is 6.42 Å². The molecular formula is C10H13NO3S. The molecule has 0 aliphatic rings. The van der Waals surface area contributed by atoms with Gasteiger partial charge in [0, 0.05) is 11.9 Å². The van der Waals surface area contributed by atoms with E-state index in [1.165, 1.54) is 24.0 Å². The van der Waals surface area contributed by atoms with E-state index in [0.717, 1.165) is 10.8 Å². The van der Waals surface area contributed by atoms with Crippen LogP contribution in [0.4, 0.5) is 0 Å². The molecule has 0 fully saturated rings. The zero-order chi connectivity index (χ0) is 11.3. The summed E-state index contributed by atoms with van der Waals surface area (Å²) in [6.07, 6.45) is 1.73. The van der Waals surface area contributed by atoms with Crippen molar-refractivity contribution in [2.45, 2.75) is 24.5 Å². The molecule has 0 saturated carbocycles. The molecule has 1 heterocycles. The number of hydrogen-bond acceptors (Lipinski definition) is 4. The minimum atomic E-state index is -0.969. The second-order valence-corrected chi connectivity index (χ2v) is 4.29. The summed E-state index contributed by atoms with van der Waals surface area (Å²) in [5.41, 5.74) is 0.190. The Morgan fingerprint density at radius 3 is 2.80 bits per heavy atom. The van der Waals surface area contributed by atoms with Gasteiger partial charge in [-0.1, -0.05) is 0 Å². The molecule has 82 valence electrons. The van der Waals surface area contributed by atoms with E-state index in [9.17, 15) is 4.79 Å². The molecule has 15 heavy (non-hydrogen) atoms. The molecular weight excluding hydrogens is 214 g/mol. The molecule has 2 N–H and O–H groups in total. The number of carbonyl (C=O) groups is 1. The van der Waals surface area contributed by atoms with Crippen molar-refractivity contribution < 1.29 is 15.0 Å². The minimum absolute atomic E-state index is 0.190. The first-order chi connectivity index (χ1) is 7.09. The van der Waals surface area contributed by atoms with Crippen LogP contribution in [0.15, 0.2) is 23.4 Å². The minimum Gasteiger partial charge on any atom is -0.478 e. The first-order valence-electron chi connectivity index (χ1n) is 4.60. The molecule has 0 aromatic carbocycles. The molecule has 4 nitrogen and oxygen atoms in total. The van der Waals surface area contributed by atoms with E-state index in [4.69, 9.17) is 10.2 Å². The summed E-state index contributed by atoms with van der Waals surface area (Å²) in [5.74, 6) is -0.195. The van der Waals surface area contributed by atoms with E-state index >= 15 is 0 Å². The highest BCUT2D eigenvalue weighted by Gasteiger charge is 2.03. The molecule has 1 aromatic heterocycles. The van der Waals surface area contributed by atoms with Crippen LogP contribution in [0.5, 0.6) is 0 Å². The monoisotopic (exact) mass is 227 g/mol. The van der Waals surface area contributed by atoms with Crippen molar-refractivity contribution in [3.8, 4) is 0 Å². The molecule has 0 aliphatic heterocycles. The fourth-order valence-electron chi connectivity index (χ4n) is 0.926. The normalized spacial score (nSPS) is 12.4. The fourth-order valence-corrected chi connectivity index (χ4v) is 1.89. The van der Waals surface area contributed by atoms with E-state index < -0.39 is 5.97 Å². The summed E-state index contributed by atoms with van der Waals surface area (Å²) in [7, 11) is 0. The largest absolute Gasteiger partial charge is 0.478 e. The topological polar surface area (TPSA) is 70.4 Å². The first kappa shape index (κ1) is 12.0. The van der Waals surface area contributed by atoms with Crippen LogP contribution in [0.25, 0.3) is 0 Å². The van der Waals surface area contributed by atoms with Gasteiger partial charge in [0.2, 0.25) is 0 Å². The number of hydrogen-bond donors (Lipinski definition) is 2. The maximum atomic E-state index is 10.5. The highest BCUT2D eigenvalue weighted by Crippen LogP contribution is 2.16. The van der Waals surface area contributed by atoms with Gasteiger partial charge in [-0.25, -0.2) is 9.78 Å². The summed E-state index contributed by atoms with van der Waals surface area (Å²) in [6, 6.07) is 3.20. The second-order valence-electron chi connectivity index (χ2n) is 3.18. The Hall–Kier alpha value is -1.07. The number of nitrogens with zero attached hydrogens (tertiary/aromatic N) is 1. The van der Waals surface area contributed by atoms with Gasteiger partial charge in [-0.3, -0.25) is 0 Å². The lowest BCUT2D eigenvalue weighted by Gasteiger charge is -2.03. The van der Waals surface area contributed by atoms with Crippen LogP contribution in [-0.2, 0) is 0 Å². The third-order valence-corrected chi connectivity index (χ3v) is 2.75. The van der Waals surface area contributed by atoms with Gasteiger partial charge in [-0.15, -0.1) is 11.8 Å². The Balaban J connectivity index is 2.46. The van der Waals surface area contributed by atoms with Crippen molar-refractivity contribution in [2.75, 3.05) is 5.75 Å². The Morgan fingerprint density at radius 1 is 1.60 bits per heavy atom. The predicted molar refractivity (Wildman–Crippen MR) is 58.2 cm³/mol. The van der Waals surface area contributed by atoms with Crippen LogP contribution in [-0.4, -0.2) is 33.0 Å². The lowest BCUT2D eigenvalue weighted by Crippen LogP contribution is -2.01. The van der Waals surface area contributed by atoms with Gasteiger partial charge in [0.05, 0.1) is 16.7 Å². The fraction of sp³-hybridized carbons (Fsp3) is 0.400. The molecule has 5 heteroatoms. The standard InChI is InChI=1S/C10H13NO3S/c1-7(12)4-5-15-9-3-2-8(6-11-9)10(13)14/h2-3,6-7,12H,4-5H2,1H3,(H,13,14). The van der Waals surface area contributed by atoms with Gasteiger partial charge in [0.1, 0.15) is 0 Å². The highest BCUT2D eigenvalue weighted by molar-refractivity contribution is 7.99. The summed E-state index contributed by atoms with van der Waals surface area (Å²) in [6.45, 7) is 1.74. The van der Waals surface area contributed by atoms with Gasteiger partial charge >= 0.3 is 5.97 Å². The number of rotatable bonds is 5. The molecule has 1 atom stereocenters. The van der Waals surface area contributed by atoms with E-state index in [1.807, 2.05) is 0 Å². The maximum Gasteiger partial charge on any atom is 0.337 e. The van der Waals surface area contributed by atoms with Crippen molar-refractivity contribution in [1.82, 2.24) is 4.98 Å². The Morgan fingerprint density at radius 2 is 2.33 bits per heavy atom. The van der Waals surface area contributed by atoms with E-state index in [2.05, 4.69) is 4.98 Å². The van der Waals surface area contributed by atoms with Crippen molar-refractivity contribution in [3.63, 3.8) is 0 Å². The molecule has 0 aliphatic carbocycles. The average Bonchev–Trinajstić information content (AvgIpc) is 2.18. The second kappa shape index (κ2) is 5.72.